The van der Waals surface area contributed by atoms with Crippen molar-refractivity contribution >= 4 is 68.6 Å². The van der Waals surface area contributed by atoms with Crippen LogP contribution in [0.15, 0.2) is 158 Å². The first kappa shape index (κ1) is 47.9. The van der Waals surface area contributed by atoms with Gasteiger partial charge in [0, 0.05) is 50.8 Å². The lowest BCUT2D eigenvalue weighted by atomic mass is 9.33. The van der Waals surface area contributed by atoms with Gasteiger partial charge in [0.15, 0.2) is 0 Å². The Morgan fingerprint density at radius 2 is 1.09 bits per heavy atom. The molecule has 75 heavy (non-hydrogen) atoms. The molecule has 2 atom stereocenters. The zero-order valence-electron chi connectivity index (χ0n) is 46.7. The Morgan fingerprint density at radius 3 is 1.81 bits per heavy atom. The van der Waals surface area contributed by atoms with Gasteiger partial charge in [-0.15, -0.1) is 0 Å². The fraction of sp³-hybridized carbons (Fsp3) is 0.324. The predicted octanol–water partition coefficient (Wildman–Crippen LogP) is 17.2. The summed E-state index contributed by atoms with van der Waals surface area (Å²) in [6, 6.07) is 62.2. The van der Waals surface area contributed by atoms with E-state index in [0.717, 1.165) is 19.3 Å². The van der Waals surface area contributed by atoms with Crippen molar-refractivity contribution in [3.8, 4) is 22.3 Å². The molecule has 376 valence electrons. The number of anilines is 8. The molecule has 3 nitrogen and oxygen atoms in total. The van der Waals surface area contributed by atoms with Gasteiger partial charge in [-0.25, -0.2) is 0 Å². The van der Waals surface area contributed by atoms with E-state index >= 15 is 0 Å². The molecule has 8 aromatic carbocycles. The van der Waals surface area contributed by atoms with Crippen LogP contribution in [0.4, 0.5) is 45.5 Å². The molecular weight excluding hydrogens is 906 g/mol. The van der Waals surface area contributed by atoms with E-state index in [0.29, 0.717) is 0 Å². The van der Waals surface area contributed by atoms with E-state index < -0.39 is 0 Å². The van der Waals surface area contributed by atoms with E-state index in [1.54, 1.807) is 0 Å². The highest BCUT2D eigenvalue weighted by Crippen LogP contribution is 2.62. The standard InChI is InChI=1S/C71H74BN3/c1-45-36-64-66-65(37-45)74(60-33-27-52(68(6,7)8)41-56(60)47-21-14-13-15-22-47)62-40-50-44-69(9,10)43-49(50)39-59(62)72(66)58-31-30-54(42-63(58)73(64)53-28-25-51(26-29-53)67(3,4)5)75-61-32-24-48(55-23-17-16-20-46(55)2)38-57(61)70(11)34-18-19-35-71(70,75)12/h13-17,20-33,36-42H,18-19,34-35,43-44H2,1-12H3. The maximum atomic E-state index is 2.79. The minimum Gasteiger partial charge on any atom is -0.334 e. The molecule has 0 aromatic heterocycles. The van der Waals surface area contributed by atoms with E-state index in [4.69, 9.17) is 0 Å². The molecule has 2 aliphatic carbocycles. The van der Waals surface area contributed by atoms with Gasteiger partial charge >= 0.3 is 0 Å². The Kier molecular flexibility index (Phi) is 10.6. The van der Waals surface area contributed by atoms with E-state index in [1.807, 2.05) is 0 Å². The first-order valence-electron chi connectivity index (χ1n) is 28.1. The number of hydrogen-bond donors (Lipinski definition) is 0. The molecule has 4 heteroatoms. The number of hydrogen-bond acceptors (Lipinski definition) is 3. The van der Waals surface area contributed by atoms with Crippen LogP contribution in [0.1, 0.15) is 134 Å². The average Bonchev–Trinajstić information content (AvgIpc) is 3.81. The first-order chi connectivity index (χ1) is 35.7. The third-order valence-corrected chi connectivity index (χ3v) is 18.9. The average molecular weight is 980 g/mol. The Hall–Kier alpha value is -6.78. The maximum Gasteiger partial charge on any atom is 0.252 e. The van der Waals surface area contributed by atoms with Gasteiger partial charge in [0.05, 0.1) is 11.2 Å². The maximum absolute atomic E-state index is 2.79. The van der Waals surface area contributed by atoms with Gasteiger partial charge in [-0.1, -0.05) is 166 Å². The molecule has 5 aliphatic rings. The quantitative estimate of drug-likeness (QED) is 0.159. The van der Waals surface area contributed by atoms with E-state index in [2.05, 4.69) is 256 Å². The van der Waals surface area contributed by atoms with E-state index in [1.165, 1.54) is 142 Å². The normalized spacial score (nSPS) is 20.1. The second kappa shape index (κ2) is 16.6. The van der Waals surface area contributed by atoms with Crippen molar-refractivity contribution in [3.63, 3.8) is 0 Å². The molecular formula is C71H74BN3. The van der Waals surface area contributed by atoms with Crippen LogP contribution in [0.25, 0.3) is 22.3 Å². The second-order valence-corrected chi connectivity index (χ2v) is 26.6. The van der Waals surface area contributed by atoms with Crippen LogP contribution in [0.2, 0.25) is 0 Å². The lowest BCUT2D eigenvalue weighted by molar-refractivity contribution is 0.195. The van der Waals surface area contributed by atoms with Crippen LogP contribution in [0, 0.1) is 19.3 Å². The fourth-order valence-corrected chi connectivity index (χ4v) is 14.7. The Balaban J connectivity index is 1.08. The SMILES string of the molecule is Cc1cc2c3c(c1)N(c1ccc(C(C)(C)C)cc1-c1ccccc1)c1cc4c(cc1B3c1ccc(N3c5ccc(-c6ccccc6C)cc5C5(C)CCCCC35C)cc1N2c1ccc(C(C)(C)C)cc1)CC(C)(C)C4. The molecule has 1 fully saturated rings. The van der Waals surface area contributed by atoms with Gasteiger partial charge in [0.2, 0.25) is 0 Å². The van der Waals surface area contributed by atoms with Crippen LogP contribution in [-0.2, 0) is 29.1 Å². The van der Waals surface area contributed by atoms with Crippen LogP contribution in [0.5, 0.6) is 0 Å². The summed E-state index contributed by atoms with van der Waals surface area (Å²) in [4.78, 5) is 8.11. The van der Waals surface area contributed by atoms with Crippen molar-refractivity contribution in [2.45, 2.75) is 143 Å². The largest absolute Gasteiger partial charge is 0.334 e. The van der Waals surface area contributed by atoms with Crippen molar-refractivity contribution in [2.75, 3.05) is 14.7 Å². The number of aryl methyl sites for hydroxylation is 2. The highest BCUT2D eigenvalue weighted by atomic mass is 15.3. The van der Waals surface area contributed by atoms with E-state index in [-0.39, 0.29) is 33.9 Å². The molecule has 3 aliphatic heterocycles. The number of rotatable bonds is 5. The van der Waals surface area contributed by atoms with E-state index in [9.17, 15) is 0 Å². The zero-order valence-corrected chi connectivity index (χ0v) is 46.7. The zero-order chi connectivity index (χ0) is 52.1. The van der Waals surface area contributed by atoms with Crippen molar-refractivity contribution < 1.29 is 0 Å². The number of benzene rings is 8. The lowest BCUT2D eigenvalue weighted by Gasteiger charge is -2.50. The first-order valence-corrected chi connectivity index (χ1v) is 28.1. The Morgan fingerprint density at radius 1 is 0.467 bits per heavy atom. The molecule has 0 N–H and O–H groups in total. The molecule has 0 bridgehead atoms. The number of fused-ring (bicyclic) bond motifs is 8. The molecule has 3 heterocycles. The Bertz CT molecular complexity index is 3630. The summed E-state index contributed by atoms with van der Waals surface area (Å²) in [5, 5.41) is 0. The fourth-order valence-electron chi connectivity index (χ4n) is 14.7. The third kappa shape index (κ3) is 7.35. The summed E-state index contributed by atoms with van der Waals surface area (Å²) in [6.45, 7) is 28.7. The van der Waals surface area contributed by atoms with Gasteiger partial charge in [0.1, 0.15) is 0 Å². The lowest BCUT2D eigenvalue weighted by Crippen LogP contribution is -2.61. The summed E-state index contributed by atoms with van der Waals surface area (Å²) in [6.07, 6.45) is 6.97. The summed E-state index contributed by atoms with van der Waals surface area (Å²) in [5.41, 5.74) is 29.3. The summed E-state index contributed by atoms with van der Waals surface area (Å²) >= 11 is 0. The predicted molar refractivity (Wildman–Crippen MR) is 322 cm³/mol. The minimum atomic E-state index is -0.105. The third-order valence-electron chi connectivity index (χ3n) is 18.9. The molecule has 0 amide bonds. The topological polar surface area (TPSA) is 9.72 Å². The highest BCUT2D eigenvalue weighted by molar-refractivity contribution is 7.00. The Labute approximate surface area is 448 Å². The summed E-state index contributed by atoms with van der Waals surface area (Å²) in [5.74, 6) is 0. The monoisotopic (exact) mass is 980 g/mol. The van der Waals surface area contributed by atoms with Crippen molar-refractivity contribution in [3.05, 3.63) is 197 Å². The van der Waals surface area contributed by atoms with Crippen molar-refractivity contribution in [2.24, 2.45) is 5.41 Å². The smallest absolute Gasteiger partial charge is 0.252 e. The van der Waals surface area contributed by atoms with Crippen LogP contribution in [0.3, 0.4) is 0 Å². The van der Waals surface area contributed by atoms with Gasteiger partial charge in [-0.05, 0) is 201 Å². The summed E-state index contributed by atoms with van der Waals surface area (Å²) < 4.78 is 0. The van der Waals surface area contributed by atoms with Crippen molar-refractivity contribution in [1.29, 1.82) is 0 Å². The molecule has 8 aromatic rings. The number of nitrogens with zero attached hydrogens (tertiary/aromatic N) is 3. The van der Waals surface area contributed by atoms with Crippen LogP contribution >= 0.6 is 0 Å². The second-order valence-electron chi connectivity index (χ2n) is 26.6. The molecule has 1 saturated carbocycles. The minimum absolute atomic E-state index is 0.0120. The molecule has 13 rings (SSSR count). The van der Waals surface area contributed by atoms with Gasteiger partial charge in [0.25, 0.3) is 6.71 Å². The molecule has 2 unspecified atom stereocenters. The summed E-state index contributed by atoms with van der Waals surface area (Å²) in [7, 11) is 0. The van der Waals surface area contributed by atoms with Gasteiger partial charge in [-0.2, -0.15) is 0 Å². The highest BCUT2D eigenvalue weighted by Gasteiger charge is 2.58. The van der Waals surface area contributed by atoms with Crippen LogP contribution in [-0.4, -0.2) is 12.3 Å². The van der Waals surface area contributed by atoms with Crippen molar-refractivity contribution in [1.82, 2.24) is 0 Å². The molecule has 0 saturated heterocycles. The molecule has 0 spiro atoms. The van der Waals surface area contributed by atoms with Gasteiger partial charge in [-0.3, -0.25) is 0 Å². The molecule has 0 radical (unpaired) electrons. The van der Waals surface area contributed by atoms with Crippen LogP contribution < -0.4 is 31.1 Å². The van der Waals surface area contributed by atoms with Gasteiger partial charge < -0.3 is 14.7 Å².